The highest BCUT2D eigenvalue weighted by Gasteiger charge is 2.08. The van der Waals surface area contributed by atoms with Crippen LogP contribution in [-0.4, -0.2) is 14.8 Å². The first-order valence-electron chi connectivity index (χ1n) is 4.91. The van der Waals surface area contributed by atoms with Gasteiger partial charge in [0.05, 0.1) is 6.54 Å². The van der Waals surface area contributed by atoms with Gasteiger partial charge in [-0.15, -0.1) is 0 Å². The lowest BCUT2D eigenvalue weighted by Crippen LogP contribution is -2.18. The molecule has 0 saturated heterocycles. The summed E-state index contributed by atoms with van der Waals surface area (Å²) in [4.78, 5) is 3.89. The van der Waals surface area contributed by atoms with E-state index in [1.54, 1.807) is 11.0 Å². The Morgan fingerprint density at radius 1 is 1.40 bits per heavy atom. The fraction of sp³-hybridized carbons (Fsp3) is 0.273. The van der Waals surface area contributed by atoms with Gasteiger partial charge in [0.1, 0.15) is 12.7 Å². The van der Waals surface area contributed by atoms with E-state index in [0.717, 1.165) is 5.56 Å². The molecule has 0 spiro atoms. The molecule has 0 aliphatic carbocycles. The van der Waals surface area contributed by atoms with Crippen LogP contribution in [0.3, 0.4) is 0 Å². The van der Waals surface area contributed by atoms with Crippen molar-refractivity contribution in [2.45, 2.75) is 19.5 Å². The lowest BCUT2D eigenvalue weighted by Gasteiger charge is -2.14. The van der Waals surface area contributed by atoms with Crippen molar-refractivity contribution in [3.8, 4) is 0 Å². The molecular formula is C11H14N4. The molecule has 2 aromatic rings. The highest BCUT2D eigenvalue weighted by molar-refractivity contribution is 5.28. The highest BCUT2D eigenvalue weighted by atomic mass is 15.3. The van der Waals surface area contributed by atoms with Crippen molar-refractivity contribution in [1.29, 1.82) is 0 Å². The summed E-state index contributed by atoms with van der Waals surface area (Å²) in [6.45, 7) is 2.72. The number of aromatic nitrogens is 3. The Hall–Kier alpha value is -1.68. The van der Waals surface area contributed by atoms with Crippen LogP contribution in [0, 0.1) is 6.92 Å². The van der Waals surface area contributed by atoms with Crippen LogP contribution in [0.5, 0.6) is 0 Å². The first-order chi connectivity index (χ1) is 7.27. The Bertz CT molecular complexity index is 422. The number of nitrogens with two attached hydrogens (primary N) is 1. The van der Waals surface area contributed by atoms with Gasteiger partial charge in [-0.3, -0.25) is 4.68 Å². The summed E-state index contributed by atoms with van der Waals surface area (Å²) < 4.78 is 1.75. The summed E-state index contributed by atoms with van der Waals surface area (Å²) in [5, 5.41) is 4.04. The van der Waals surface area contributed by atoms with Crippen LogP contribution in [0.25, 0.3) is 0 Å². The molecule has 2 N–H and O–H groups in total. The van der Waals surface area contributed by atoms with Gasteiger partial charge in [0, 0.05) is 6.04 Å². The molecule has 1 unspecified atom stereocenters. The predicted octanol–water partition coefficient (Wildman–Crippen LogP) is 1.29. The van der Waals surface area contributed by atoms with Crippen molar-refractivity contribution in [2.24, 2.45) is 5.73 Å². The predicted molar refractivity (Wildman–Crippen MR) is 58.1 cm³/mol. The molecule has 4 nitrogen and oxygen atoms in total. The van der Waals surface area contributed by atoms with E-state index < -0.39 is 0 Å². The monoisotopic (exact) mass is 202 g/mol. The van der Waals surface area contributed by atoms with E-state index in [-0.39, 0.29) is 6.04 Å². The lowest BCUT2D eigenvalue weighted by molar-refractivity contribution is 0.525. The number of nitrogens with zero attached hydrogens (tertiary/aromatic N) is 3. The maximum Gasteiger partial charge on any atom is 0.137 e. The second kappa shape index (κ2) is 4.23. The fourth-order valence-corrected chi connectivity index (χ4v) is 1.63. The number of hydrogen-bond acceptors (Lipinski definition) is 3. The van der Waals surface area contributed by atoms with Gasteiger partial charge in [0.15, 0.2) is 0 Å². The summed E-state index contributed by atoms with van der Waals surface area (Å²) in [5.74, 6) is 0. The minimum Gasteiger partial charge on any atom is -0.322 e. The minimum absolute atomic E-state index is 0.0344. The molecule has 2 rings (SSSR count). The summed E-state index contributed by atoms with van der Waals surface area (Å²) in [5.41, 5.74) is 8.47. The average molecular weight is 202 g/mol. The third kappa shape index (κ3) is 2.22. The number of hydrogen-bond donors (Lipinski definition) is 1. The summed E-state index contributed by atoms with van der Waals surface area (Å²) in [6.07, 6.45) is 3.20. The lowest BCUT2D eigenvalue weighted by atomic mass is 10.0. The van der Waals surface area contributed by atoms with Crippen molar-refractivity contribution in [3.63, 3.8) is 0 Å². The van der Waals surface area contributed by atoms with Crippen molar-refractivity contribution >= 4 is 0 Å². The molecule has 0 radical (unpaired) electrons. The molecule has 0 fully saturated rings. The smallest absolute Gasteiger partial charge is 0.137 e. The van der Waals surface area contributed by atoms with E-state index in [0.29, 0.717) is 6.54 Å². The molecule has 1 atom stereocenters. The van der Waals surface area contributed by atoms with Crippen LogP contribution in [0.4, 0.5) is 0 Å². The largest absolute Gasteiger partial charge is 0.322 e. The van der Waals surface area contributed by atoms with Gasteiger partial charge in [-0.1, -0.05) is 24.3 Å². The molecule has 1 heterocycles. The Morgan fingerprint density at radius 3 is 2.87 bits per heavy atom. The quantitative estimate of drug-likeness (QED) is 0.815. The van der Waals surface area contributed by atoms with Crippen LogP contribution in [-0.2, 0) is 6.54 Å². The Labute approximate surface area is 88.8 Å². The van der Waals surface area contributed by atoms with Gasteiger partial charge >= 0.3 is 0 Å². The standard InChI is InChI=1S/C11H14N4/c1-9-4-2-3-5-10(9)11(12)6-15-8-13-7-14-15/h2-5,7-8,11H,6,12H2,1H3. The molecule has 0 amide bonds. The first-order valence-corrected chi connectivity index (χ1v) is 4.91. The Morgan fingerprint density at radius 2 is 2.20 bits per heavy atom. The normalized spacial score (nSPS) is 12.7. The van der Waals surface area contributed by atoms with Gasteiger partial charge < -0.3 is 5.73 Å². The maximum absolute atomic E-state index is 6.10. The zero-order valence-corrected chi connectivity index (χ0v) is 8.67. The molecule has 1 aromatic heterocycles. The maximum atomic E-state index is 6.10. The molecule has 1 aromatic carbocycles. The third-order valence-electron chi connectivity index (χ3n) is 2.44. The summed E-state index contributed by atoms with van der Waals surface area (Å²) in [7, 11) is 0. The molecule has 0 aliphatic rings. The summed E-state index contributed by atoms with van der Waals surface area (Å²) >= 11 is 0. The molecule has 0 bridgehead atoms. The van der Waals surface area contributed by atoms with Gasteiger partial charge in [0.2, 0.25) is 0 Å². The van der Waals surface area contributed by atoms with Gasteiger partial charge in [0.25, 0.3) is 0 Å². The number of aryl methyl sites for hydroxylation is 1. The second-order valence-corrected chi connectivity index (χ2v) is 3.58. The van der Waals surface area contributed by atoms with Crippen LogP contribution in [0.1, 0.15) is 17.2 Å². The molecule has 0 saturated carbocycles. The molecule has 78 valence electrons. The topological polar surface area (TPSA) is 56.7 Å². The van der Waals surface area contributed by atoms with E-state index in [4.69, 9.17) is 5.73 Å². The van der Waals surface area contributed by atoms with Gasteiger partial charge in [-0.2, -0.15) is 5.10 Å². The zero-order valence-electron chi connectivity index (χ0n) is 8.67. The van der Waals surface area contributed by atoms with Crippen molar-refractivity contribution in [1.82, 2.24) is 14.8 Å². The van der Waals surface area contributed by atoms with Crippen LogP contribution < -0.4 is 5.73 Å². The van der Waals surface area contributed by atoms with Crippen LogP contribution in [0.2, 0.25) is 0 Å². The minimum atomic E-state index is -0.0344. The second-order valence-electron chi connectivity index (χ2n) is 3.58. The van der Waals surface area contributed by atoms with Crippen LogP contribution >= 0.6 is 0 Å². The van der Waals surface area contributed by atoms with Crippen molar-refractivity contribution < 1.29 is 0 Å². The Kier molecular flexibility index (Phi) is 2.78. The van der Waals surface area contributed by atoms with E-state index >= 15 is 0 Å². The van der Waals surface area contributed by atoms with E-state index in [9.17, 15) is 0 Å². The van der Waals surface area contributed by atoms with Crippen molar-refractivity contribution in [3.05, 3.63) is 48.0 Å². The van der Waals surface area contributed by atoms with Crippen molar-refractivity contribution in [2.75, 3.05) is 0 Å². The fourth-order valence-electron chi connectivity index (χ4n) is 1.63. The number of rotatable bonds is 3. The molecule has 0 aliphatic heterocycles. The first kappa shape index (κ1) is 9.86. The summed E-state index contributed by atoms with van der Waals surface area (Å²) in [6, 6.07) is 8.10. The van der Waals surface area contributed by atoms with E-state index in [1.807, 2.05) is 12.1 Å². The molecule has 15 heavy (non-hydrogen) atoms. The molecular weight excluding hydrogens is 188 g/mol. The van der Waals surface area contributed by atoms with E-state index in [1.165, 1.54) is 11.9 Å². The van der Waals surface area contributed by atoms with Gasteiger partial charge in [-0.05, 0) is 18.1 Å². The van der Waals surface area contributed by atoms with Gasteiger partial charge in [-0.25, -0.2) is 4.98 Å². The van der Waals surface area contributed by atoms with E-state index in [2.05, 4.69) is 29.1 Å². The van der Waals surface area contributed by atoms with Crippen LogP contribution in [0.15, 0.2) is 36.9 Å². The zero-order chi connectivity index (χ0) is 10.7. The average Bonchev–Trinajstić information content (AvgIpc) is 2.71. The molecule has 4 heteroatoms. The third-order valence-corrected chi connectivity index (χ3v) is 2.44. The Balaban J connectivity index is 2.15. The highest BCUT2D eigenvalue weighted by Crippen LogP contribution is 2.16. The SMILES string of the molecule is Cc1ccccc1C(N)Cn1cncn1. The number of benzene rings is 1.